The maximum Gasteiger partial charge on any atom is 0.205 e. The fourth-order valence-corrected chi connectivity index (χ4v) is 2.11. The van der Waals surface area contributed by atoms with Crippen molar-refractivity contribution < 1.29 is 20.1 Å². The molecule has 0 atom stereocenters. The minimum absolute atomic E-state index is 0.114. The van der Waals surface area contributed by atoms with Gasteiger partial charge >= 0.3 is 0 Å². The van der Waals surface area contributed by atoms with Crippen LogP contribution in [-0.2, 0) is 4.79 Å². The third-order valence-corrected chi connectivity index (χ3v) is 3.32. The lowest BCUT2D eigenvalue weighted by Gasteiger charge is -2.14. The van der Waals surface area contributed by atoms with E-state index in [1.54, 1.807) is 24.3 Å². The molecule has 3 rings (SSSR count). The first-order valence-corrected chi connectivity index (χ1v) is 7.12. The van der Waals surface area contributed by atoms with Gasteiger partial charge in [-0.1, -0.05) is 0 Å². The Kier molecular flexibility index (Phi) is 4.03. The van der Waals surface area contributed by atoms with Crippen molar-refractivity contribution >= 4 is 22.9 Å². The van der Waals surface area contributed by atoms with Gasteiger partial charge < -0.3 is 20.6 Å². The quantitative estimate of drug-likeness (QED) is 0.513. The number of carbonyl (C=O) groups is 1. The van der Waals surface area contributed by atoms with E-state index < -0.39 is 0 Å². The number of anilines is 1. The number of nitrogens with zero attached hydrogens (tertiary/aromatic N) is 1. The Morgan fingerprint density at radius 2 is 1.38 bits per heavy atom. The van der Waals surface area contributed by atoms with Crippen LogP contribution in [0, 0.1) is 0 Å². The molecule has 0 bridgehead atoms. The molecule has 6 nitrogen and oxygen atoms in total. The molecule has 0 saturated carbocycles. The molecule has 0 aromatic heterocycles. The van der Waals surface area contributed by atoms with Crippen LogP contribution in [0.3, 0.4) is 0 Å². The maximum absolute atomic E-state index is 12.0. The van der Waals surface area contributed by atoms with Crippen LogP contribution >= 0.6 is 0 Å². The Hall–Kier alpha value is -3.54. The number of aliphatic imine (C=N–C) groups is 1. The zero-order chi connectivity index (χ0) is 17.1. The largest absolute Gasteiger partial charge is 0.508 e. The first kappa shape index (κ1) is 15.4. The third-order valence-electron chi connectivity index (χ3n) is 3.32. The standard InChI is InChI=1S/C18H14N2O4/c21-13-5-1-11(2-6-13)19-15-9-16(18(24)10-17(15)23)20-12-3-7-14(22)8-4-12/h1-10,19,21-22,24H. The molecular formula is C18H14N2O4. The molecule has 0 aliphatic heterocycles. The lowest BCUT2D eigenvalue weighted by molar-refractivity contribution is -0.111. The van der Waals surface area contributed by atoms with Gasteiger partial charge in [0, 0.05) is 11.8 Å². The molecule has 2 aromatic carbocycles. The van der Waals surface area contributed by atoms with Gasteiger partial charge in [0.25, 0.3) is 0 Å². The number of benzene rings is 2. The highest BCUT2D eigenvalue weighted by Gasteiger charge is 2.18. The van der Waals surface area contributed by atoms with Crippen molar-refractivity contribution in [3.8, 4) is 11.5 Å². The van der Waals surface area contributed by atoms with E-state index in [4.69, 9.17) is 0 Å². The smallest absolute Gasteiger partial charge is 0.205 e. The summed E-state index contributed by atoms with van der Waals surface area (Å²) < 4.78 is 0. The van der Waals surface area contributed by atoms with E-state index in [1.165, 1.54) is 30.3 Å². The number of aliphatic hydroxyl groups is 1. The van der Waals surface area contributed by atoms with Crippen molar-refractivity contribution in [1.82, 2.24) is 0 Å². The molecule has 0 heterocycles. The van der Waals surface area contributed by atoms with Gasteiger partial charge in [-0.15, -0.1) is 0 Å². The minimum Gasteiger partial charge on any atom is -0.508 e. The van der Waals surface area contributed by atoms with Crippen LogP contribution in [0.1, 0.15) is 0 Å². The highest BCUT2D eigenvalue weighted by molar-refractivity contribution is 6.22. The third kappa shape index (κ3) is 3.44. The average molecular weight is 322 g/mol. The molecule has 0 amide bonds. The average Bonchev–Trinajstić information content (AvgIpc) is 2.56. The van der Waals surface area contributed by atoms with Gasteiger partial charge in [0.1, 0.15) is 23.0 Å². The molecule has 0 spiro atoms. The lowest BCUT2D eigenvalue weighted by atomic mass is 10.1. The Morgan fingerprint density at radius 3 is 2.00 bits per heavy atom. The molecule has 0 fully saturated rings. The summed E-state index contributed by atoms with van der Waals surface area (Å²) in [5, 5.41) is 31.4. The van der Waals surface area contributed by atoms with Crippen LogP contribution in [-0.4, -0.2) is 26.8 Å². The molecule has 1 aliphatic rings. The molecule has 2 aromatic rings. The van der Waals surface area contributed by atoms with Crippen molar-refractivity contribution in [1.29, 1.82) is 0 Å². The predicted molar refractivity (Wildman–Crippen MR) is 90.7 cm³/mol. The van der Waals surface area contributed by atoms with Crippen molar-refractivity contribution in [2.45, 2.75) is 0 Å². The second kappa shape index (κ2) is 6.29. The molecule has 1 aliphatic carbocycles. The molecule has 120 valence electrons. The van der Waals surface area contributed by atoms with E-state index in [-0.39, 0.29) is 34.5 Å². The normalized spacial score (nSPS) is 15.8. The number of hydrogen-bond acceptors (Lipinski definition) is 6. The number of carbonyl (C=O) groups excluding carboxylic acids is 1. The van der Waals surface area contributed by atoms with Crippen LogP contribution in [0.15, 0.2) is 77.1 Å². The Morgan fingerprint density at radius 1 is 0.792 bits per heavy atom. The van der Waals surface area contributed by atoms with Crippen LogP contribution in [0.25, 0.3) is 0 Å². The number of allylic oxidation sites excluding steroid dienone is 2. The summed E-state index contributed by atoms with van der Waals surface area (Å²) in [7, 11) is 0. The van der Waals surface area contributed by atoms with Crippen LogP contribution < -0.4 is 5.32 Å². The number of phenols is 2. The number of aromatic hydroxyl groups is 2. The van der Waals surface area contributed by atoms with E-state index in [0.717, 1.165) is 6.08 Å². The number of ketones is 1. The van der Waals surface area contributed by atoms with Gasteiger partial charge in [-0.2, -0.15) is 0 Å². The maximum atomic E-state index is 12.0. The van der Waals surface area contributed by atoms with E-state index in [1.807, 2.05) is 0 Å². The van der Waals surface area contributed by atoms with Gasteiger partial charge in [-0.3, -0.25) is 4.79 Å². The summed E-state index contributed by atoms with van der Waals surface area (Å²) in [5.74, 6) is -0.381. The van der Waals surface area contributed by atoms with Gasteiger partial charge in [0.15, 0.2) is 0 Å². The highest BCUT2D eigenvalue weighted by Crippen LogP contribution is 2.22. The zero-order valence-corrected chi connectivity index (χ0v) is 12.5. The second-order valence-corrected chi connectivity index (χ2v) is 5.14. The SMILES string of the molecule is O=C1C=C(O)C(=Nc2ccc(O)cc2)C=C1Nc1ccc(O)cc1. The summed E-state index contributed by atoms with van der Waals surface area (Å²) in [6.07, 6.45) is 2.53. The van der Waals surface area contributed by atoms with Crippen molar-refractivity contribution in [3.05, 3.63) is 72.1 Å². The zero-order valence-electron chi connectivity index (χ0n) is 12.5. The molecule has 0 radical (unpaired) electrons. The molecule has 0 unspecified atom stereocenters. The fraction of sp³-hybridized carbons (Fsp3) is 0. The fourth-order valence-electron chi connectivity index (χ4n) is 2.11. The van der Waals surface area contributed by atoms with Crippen LogP contribution in [0.5, 0.6) is 11.5 Å². The number of rotatable bonds is 3. The van der Waals surface area contributed by atoms with E-state index >= 15 is 0 Å². The molecule has 4 N–H and O–H groups in total. The first-order chi connectivity index (χ1) is 11.5. The predicted octanol–water partition coefficient (Wildman–Crippen LogP) is 3.19. The van der Waals surface area contributed by atoms with Gasteiger partial charge in [0.05, 0.1) is 11.4 Å². The Balaban J connectivity index is 1.90. The highest BCUT2D eigenvalue weighted by atomic mass is 16.3. The van der Waals surface area contributed by atoms with Crippen molar-refractivity contribution in [3.63, 3.8) is 0 Å². The monoisotopic (exact) mass is 322 g/mol. The Labute approximate surface area is 137 Å². The van der Waals surface area contributed by atoms with Gasteiger partial charge in [-0.25, -0.2) is 4.99 Å². The number of aliphatic hydroxyl groups excluding tert-OH is 1. The summed E-state index contributed by atoms with van der Waals surface area (Å²) in [6.45, 7) is 0. The van der Waals surface area contributed by atoms with E-state index in [0.29, 0.717) is 11.4 Å². The number of nitrogens with one attached hydrogen (secondary N) is 1. The second-order valence-electron chi connectivity index (χ2n) is 5.14. The first-order valence-electron chi connectivity index (χ1n) is 7.12. The minimum atomic E-state index is -0.384. The molecular weight excluding hydrogens is 308 g/mol. The van der Waals surface area contributed by atoms with Gasteiger partial charge in [-0.05, 0) is 54.6 Å². The number of hydrogen-bond donors (Lipinski definition) is 4. The van der Waals surface area contributed by atoms with Crippen molar-refractivity contribution in [2.75, 3.05) is 5.32 Å². The van der Waals surface area contributed by atoms with Crippen LogP contribution in [0.4, 0.5) is 11.4 Å². The summed E-state index contributed by atoms with van der Waals surface area (Å²) in [5.41, 5.74) is 1.61. The summed E-state index contributed by atoms with van der Waals surface area (Å²) in [6, 6.07) is 12.4. The lowest BCUT2D eigenvalue weighted by Crippen LogP contribution is -2.18. The van der Waals surface area contributed by atoms with E-state index in [9.17, 15) is 20.1 Å². The topological polar surface area (TPSA) is 102 Å². The number of phenolic OH excluding ortho intramolecular Hbond substituents is 2. The Bertz CT molecular complexity index is 863. The van der Waals surface area contributed by atoms with E-state index in [2.05, 4.69) is 10.3 Å². The summed E-state index contributed by atoms with van der Waals surface area (Å²) in [4.78, 5) is 16.3. The van der Waals surface area contributed by atoms with Gasteiger partial charge in [0.2, 0.25) is 5.78 Å². The van der Waals surface area contributed by atoms with Crippen molar-refractivity contribution in [2.24, 2.45) is 4.99 Å². The molecule has 0 saturated heterocycles. The molecule has 24 heavy (non-hydrogen) atoms. The molecule has 6 heteroatoms. The summed E-state index contributed by atoms with van der Waals surface area (Å²) >= 11 is 0. The van der Waals surface area contributed by atoms with Crippen LogP contribution in [0.2, 0.25) is 0 Å².